The van der Waals surface area contributed by atoms with Crippen LogP contribution in [0.4, 0.5) is 24.7 Å². The number of halogens is 3. The molecule has 3 N–H and O–H groups in total. The minimum absolute atomic E-state index is 0.0311. The summed E-state index contributed by atoms with van der Waals surface area (Å²) in [6.45, 7) is 9.87. The molecule has 40 heavy (non-hydrogen) atoms. The molecule has 0 fully saturated rings. The van der Waals surface area contributed by atoms with Gasteiger partial charge in [-0.05, 0) is 55.4 Å². The molecule has 0 saturated carbocycles. The summed E-state index contributed by atoms with van der Waals surface area (Å²) in [5.74, 6) is -2.25. The third-order valence-electron chi connectivity index (χ3n) is 5.24. The Morgan fingerprint density at radius 2 is 1.68 bits per heavy atom. The fraction of sp³-hybridized carbons (Fsp3) is 0.156. The number of rotatable bonds is 7. The van der Waals surface area contributed by atoms with E-state index in [1.807, 2.05) is 13.0 Å². The highest BCUT2D eigenvalue weighted by Crippen LogP contribution is 2.33. The zero-order chi connectivity index (χ0) is 29.7. The van der Waals surface area contributed by atoms with Gasteiger partial charge in [0.15, 0.2) is 17.5 Å². The van der Waals surface area contributed by atoms with Crippen LogP contribution in [0.3, 0.4) is 0 Å². The minimum Gasteiger partial charge on any atom is -0.340 e. The maximum atomic E-state index is 15.4. The average molecular weight is 547 g/mol. The van der Waals surface area contributed by atoms with E-state index >= 15 is 4.39 Å². The van der Waals surface area contributed by atoms with E-state index in [1.54, 1.807) is 48.6 Å². The molecule has 0 spiro atoms. The van der Waals surface area contributed by atoms with Crippen molar-refractivity contribution in [3.63, 3.8) is 0 Å². The smallest absolute Gasteiger partial charge is 0.162 e. The Kier molecular flexibility index (Phi) is 12.5. The van der Waals surface area contributed by atoms with Gasteiger partial charge in [-0.15, -0.1) is 0 Å². The van der Waals surface area contributed by atoms with Gasteiger partial charge in [0.25, 0.3) is 0 Å². The second kappa shape index (κ2) is 15.8. The average Bonchev–Trinajstić information content (AvgIpc) is 2.97. The largest absolute Gasteiger partial charge is 0.340 e. The molecule has 4 rings (SSSR count). The van der Waals surface area contributed by atoms with Gasteiger partial charge in [0, 0.05) is 28.3 Å². The first-order valence-electron chi connectivity index (χ1n) is 12.7. The van der Waals surface area contributed by atoms with Crippen molar-refractivity contribution in [3.05, 3.63) is 114 Å². The van der Waals surface area contributed by atoms with Gasteiger partial charge < -0.3 is 11.1 Å². The highest BCUT2D eigenvalue weighted by molar-refractivity contribution is 5.96. The Morgan fingerprint density at radius 3 is 2.30 bits per heavy atom. The lowest BCUT2D eigenvalue weighted by Gasteiger charge is -2.14. The van der Waals surface area contributed by atoms with E-state index in [9.17, 15) is 13.6 Å². The maximum Gasteiger partial charge on any atom is 0.162 e. The van der Waals surface area contributed by atoms with Gasteiger partial charge in [-0.1, -0.05) is 69.4 Å². The van der Waals surface area contributed by atoms with Crippen LogP contribution in [0.25, 0.3) is 27.6 Å². The minimum atomic E-state index is -1.04. The number of carbonyl (C=O) groups is 1. The SMILES string of the molecule is C=C/C(=C\C=C/C)c1nc(Nc2ccc(F)c(F)c2)c2cc(-c3cccc(C=O)c3)cc(F)c2n1.CCC.CN. The summed E-state index contributed by atoms with van der Waals surface area (Å²) >= 11 is 0. The Bertz CT molecular complexity index is 1530. The van der Waals surface area contributed by atoms with E-state index in [1.165, 1.54) is 25.6 Å². The molecule has 0 bridgehead atoms. The topological polar surface area (TPSA) is 80.9 Å². The number of hydrogen-bond acceptors (Lipinski definition) is 5. The van der Waals surface area contributed by atoms with Crippen LogP contribution >= 0.6 is 0 Å². The van der Waals surface area contributed by atoms with Crippen molar-refractivity contribution >= 4 is 34.3 Å². The van der Waals surface area contributed by atoms with Gasteiger partial charge >= 0.3 is 0 Å². The molecular formula is C32H33F3N4O. The lowest BCUT2D eigenvalue weighted by molar-refractivity contribution is 0.112. The number of hydrogen-bond donors (Lipinski definition) is 2. The van der Waals surface area contributed by atoms with Gasteiger partial charge in [0.05, 0.1) is 0 Å². The second-order valence-corrected chi connectivity index (χ2v) is 8.31. The van der Waals surface area contributed by atoms with Crippen LogP contribution in [-0.2, 0) is 0 Å². The molecule has 0 aliphatic rings. The number of carbonyl (C=O) groups excluding carboxylic acids is 1. The van der Waals surface area contributed by atoms with E-state index in [2.05, 4.69) is 41.4 Å². The van der Waals surface area contributed by atoms with Crippen LogP contribution in [-0.4, -0.2) is 23.3 Å². The molecule has 0 aliphatic heterocycles. The number of aromatic nitrogens is 2. The summed E-state index contributed by atoms with van der Waals surface area (Å²) in [4.78, 5) is 20.2. The monoisotopic (exact) mass is 546 g/mol. The molecule has 5 nitrogen and oxygen atoms in total. The van der Waals surface area contributed by atoms with Crippen LogP contribution < -0.4 is 11.1 Å². The predicted octanol–water partition coefficient (Wildman–Crippen LogP) is 8.41. The van der Waals surface area contributed by atoms with Crippen LogP contribution in [0.5, 0.6) is 0 Å². The second-order valence-electron chi connectivity index (χ2n) is 8.31. The van der Waals surface area contributed by atoms with Crippen LogP contribution in [0, 0.1) is 17.5 Å². The Morgan fingerprint density at radius 1 is 0.950 bits per heavy atom. The summed E-state index contributed by atoms with van der Waals surface area (Å²) in [6, 6.07) is 13.1. The van der Waals surface area contributed by atoms with Crippen molar-refractivity contribution in [2.45, 2.75) is 27.2 Å². The van der Waals surface area contributed by atoms with Crippen LogP contribution in [0.15, 0.2) is 85.5 Å². The third-order valence-corrected chi connectivity index (χ3v) is 5.24. The molecule has 0 amide bonds. The van der Waals surface area contributed by atoms with Gasteiger partial charge in [-0.2, -0.15) is 0 Å². The third kappa shape index (κ3) is 7.97. The Labute approximate surface area is 233 Å². The molecule has 1 aromatic heterocycles. The summed E-state index contributed by atoms with van der Waals surface area (Å²) in [6.07, 6.45) is 8.81. The van der Waals surface area contributed by atoms with Crippen LogP contribution in [0.2, 0.25) is 0 Å². The van der Waals surface area contributed by atoms with E-state index in [-0.39, 0.29) is 22.8 Å². The quantitative estimate of drug-likeness (QED) is 0.180. The summed E-state index contributed by atoms with van der Waals surface area (Å²) in [7, 11) is 1.50. The fourth-order valence-corrected chi connectivity index (χ4v) is 3.52. The number of aldehydes is 1. The Balaban J connectivity index is 0.00000105. The Hall–Kier alpha value is -4.56. The van der Waals surface area contributed by atoms with Crippen molar-refractivity contribution < 1.29 is 18.0 Å². The molecule has 0 radical (unpaired) electrons. The molecular weight excluding hydrogens is 513 g/mol. The first-order valence-corrected chi connectivity index (χ1v) is 12.7. The molecule has 4 aromatic rings. The van der Waals surface area contributed by atoms with Gasteiger partial charge in [0.1, 0.15) is 23.4 Å². The summed E-state index contributed by atoms with van der Waals surface area (Å²) in [5.41, 5.74) is 6.86. The van der Waals surface area contributed by atoms with Gasteiger partial charge in [-0.25, -0.2) is 23.1 Å². The maximum absolute atomic E-state index is 15.4. The van der Waals surface area contributed by atoms with Crippen molar-refractivity contribution in [1.82, 2.24) is 9.97 Å². The first-order chi connectivity index (χ1) is 19.3. The number of allylic oxidation sites excluding steroid dienone is 5. The van der Waals surface area contributed by atoms with Gasteiger partial charge in [0.2, 0.25) is 0 Å². The molecule has 3 aromatic carbocycles. The zero-order valence-corrected chi connectivity index (χ0v) is 23.0. The fourth-order valence-electron chi connectivity index (χ4n) is 3.52. The molecule has 1 heterocycles. The van der Waals surface area contributed by atoms with E-state index in [0.717, 1.165) is 12.1 Å². The molecule has 0 aliphatic carbocycles. The number of nitrogens with two attached hydrogens (primary N) is 1. The number of nitrogens with one attached hydrogen (secondary N) is 1. The zero-order valence-electron chi connectivity index (χ0n) is 23.0. The molecule has 0 unspecified atom stereocenters. The van der Waals surface area contributed by atoms with Crippen molar-refractivity contribution in [2.75, 3.05) is 12.4 Å². The highest BCUT2D eigenvalue weighted by atomic mass is 19.2. The molecule has 0 atom stereocenters. The first kappa shape index (κ1) is 31.7. The molecule has 208 valence electrons. The highest BCUT2D eigenvalue weighted by Gasteiger charge is 2.16. The standard InChI is InChI=1S/C28H20F3N3O.C3H8.CH5N/c1-3-5-8-18(4-2)27-33-26-22(28(34-27)32-21-10-11-23(29)24(30)15-21)13-20(14-25(26)31)19-9-6-7-17(12-19)16-35;1-3-2;1-2/h3-16H,2H2,1H3,(H,32,33,34);3H2,1-2H3;2H2,1H3/b5-3-,18-8+;;. The normalized spacial score (nSPS) is 10.8. The van der Waals surface area contributed by atoms with Crippen molar-refractivity contribution in [2.24, 2.45) is 5.73 Å². The lowest BCUT2D eigenvalue weighted by atomic mass is 10.0. The summed E-state index contributed by atoms with van der Waals surface area (Å²) < 4.78 is 42.7. The van der Waals surface area contributed by atoms with E-state index in [0.29, 0.717) is 33.9 Å². The number of nitrogens with zero attached hydrogens (tertiary/aromatic N) is 2. The molecule has 8 heteroatoms. The van der Waals surface area contributed by atoms with Gasteiger partial charge in [-0.3, -0.25) is 4.79 Å². The van der Waals surface area contributed by atoms with E-state index < -0.39 is 17.5 Å². The summed E-state index contributed by atoms with van der Waals surface area (Å²) in [5, 5.41) is 3.28. The lowest BCUT2D eigenvalue weighted by Crippen LogP contribution is -2.03. The predicted molar refractivity (Wildman–Crippen MR) is 159 cm³/mol. The van der Waals surface area contributed by atoms with E-state index in [4.69, 9.17) is 0 Å². The van der Waals surface area contributed by atoms with Crippen molar-refractivity contribution in [3.8, 4) is 11.1 Å². The number of anilines is 2. The number of benzene rings is 3. The van der Waals surface area contributed by atoms with Crippen molar-refractivity contribution in [1.29, 1.82) is 0 Å². The molecule has 0 saturated heterocycles. The van der Waals surface area contributed by atoms with Crippen LogP contribution in [0.1, 0.15) is 43.4 Å². The number of fused-ring (bicyclic) bond motifs is 1.